The lowest BCUT2D eigenvalue weighted by atomic mass is 9.51. The van der Waals surface area contributed by atoms with E-state index in [-0.39, 0.29) is 18.8 Å². The molecule has 3 aliphatic rings. The first-order valence-electron chi connectivity index (χ1n) is 14.4. The molecule has 8 heteroatoms. The average molecular weight is 561 g/mol. The Morgan fingerprint density at radius 2 is 1.88 bits per heavy atom. The number of benzene rings is 1. The van der Waals surface area contributed by atoms with E-state index in [1.807, 2.05) is 56.5 Å². The van der Waals surface area contributed by atoms with Gasteiger partial charge in [-0.1, -0.05) is 56.9 Å². The standard InChI is InChI=1S/C33H40N2O6/c1-17-9-8-11-23-30(39)20(4)19(3)27-28(31(41-5)22-16-34-24-12-7-6-10-21(22)24)35-32(40)33(23,27)26(37)14-13-25(36)29(38)18(2)15-17/h6-8,10-12,15-17,19,23,25,27-28,30-31,34,36,39H,4,9,13-14H2,1-3,5H3,(H,35,40)/t17-,19+,23-,25-,27-,28+,30+,31?,33+/m0/s1. The summed E-state index contributed by atoms with van der Waals surface area (Å²) in [4.78, 5) is 44.8. The van der Waals surface area contributed by atoms with Gasteiger partial charge in [0.25, 0.3) is 0 Å². The largest absolute Gasteiger partial charge is 0.388 e. The molecule has 2 heterocycles. The lowest BCUT2D eigenvalue weighted by Gasteiger charge is -2.50. The predicted octanol–water partition coefficient (Wildman–Crippen LogP) is 3.96. The molecule has 2 aliphatic carbocycles. The Balaban J connectivity index is 1.65. The maximum absolute atomic E-state index is 14.4. The number of nitrogens with one attached hydrogen (secondary N) is 2. The van der Waals surface area contributed by atoms with E-state index >= 15 is 0 Å². The predicted molar refractivity (Wildman–Crippen MR) is 156 cm³/mol. The highest BCUT2D eigenvalue weighted by Crippen LogP contribution is 2.58. The maximum Gasteiger partial charge on any atom is 0.235 e. The van der Waals surface area contributed by atoms with E-state index in [9.17, 15) is 24.6 Å². The zero-order valence-corrected chi connectivity index (χ0v) is 24.1. The van der Waals surface area contributed by atoms with Crippen LogP contribution in [0.1, 0.15) is 51.7 Å². The molecule has 1 unspecified atom stereocenters. The first kappa shape index (κ1) is 29.2. The van der Waals surface area contributed by atoms with Crippen molar-refractivity contribution in [3.8, 4) is 0 Å². The van der Waals surface area contributed by atoms with Crippen molar-refractivity contribution < 1.29 is 29.3 Å². The first-order chi connectivity index (χ1) is 19.5. The van der Waals surface area contributed by atoms with Crippen molar-refractivity contribution in [2.24, 2.45) is 29.1 Å². The number of Topliss-reactive ketones (excluding diaryl/α,β-unsaturated/α-hetero) is 2. The first-order valence-corrected chi connectivity index (χ1v) is 14.4. The second kappa shape index (κ2) is 11.2. The number of aromatic nitrogens is 1. The van der Waals surface area contributed by atoms with Gasteiger partial charge < -0.3 is 25.3 Å². The molecule has 2 fully saturated rings. The normalized spacial score (nSPS) is 35.6. The molecule has 5 rings (SSSR count). The summed E-state index contributed by atoms with van der Waals surface area (Å²) in [6.45, 7) is 9.75. The lowest BCUT2D eigenvalue weighted by molar-refractivity contribution is -0.152. The van der Waals surface area contributed by atoms with Gasteiger partial charge in [-0.2, -0.15) is 0 Å². The molecular weight excluding hydrogens is 520 g/mol. The van der Waals surface area contributed by atoms with Crippen molar-refractivity contribution >= 4 is 28.4 Å². The third-order valence-corrected chi connectivity index (χ3v) is 9.65. The van der Waals surface area contributed by atoms with Crippen molar-refractivity contribution in [2.75, 3.05) is 7.11 Å². The van der Waals surface area contributed by atoms with E-state index in [2.05, 4.69) is 16.9 Å². The molecule has 9 atom stereocenters. The quantitative estimate of drug-likeness (QED) is 0.332. The number of H-pyrrole nitrogens is 1. The fourth-order valence-corrected chi connectivity index (χ4v) is 7.55. The zero-order chi connectivity index (χ0) is 29.6. The molecule has 1 aromatic carbocycles. The number of carbonyl (C=O) groups excluding carboxylic acids is 3. The van der Waals surface area contributed by atoms with Gasteiger partial charge in [-0.3, -0.25) is 14.4 Å². The summed E-state index contributed by atoms with van der Waals surface area (Å²) >= 11 is 0. The van der Waals surface area contributed by atoms with Crippen molar-refractivity contribution in [1.29, 1.82) is 0 Å². The number of hydrogen-bond donors (Lipinski definition) is 4. The minimum Gasteiger partial charge on any atom is -0.388 e. The smallest absolute Gasteiger partial charge is 0.235 e. The number of methoxy groups -OCH3 is 1. The van der Waals surface area contributed by atoms with Gasteiger partial charge in [0, 0.05) is 48.0 Å². The van der Waals surface area contributed by atoms with E-state index in [4.69, 9.17) is 4.74 Å². The van der Waals surface area contributed by atoms with Crippen LogP contribution in [-0.4, -0.2) is 58.0 Å². The summed E-state index contributed by atoms with van der Waals surface area (Å²) in [5.74, 6) is -3.18. The lowest BCUT2D eigenvalue weighted by Crippen LogP contribution is -2.58. The highest BCUT2D eigenvalue weighted by Gasteiger charge is 2.69. The summed E-state index contributed by atoms with van der Waals surface area (Å²) in [7, 11) is 1.59. The number of fused-ring (bicyclic) bond motifs is 1. The van der Waals surface area contributed by atoms with E-state index in [1.54, 1.807) is 20.1 Å². The van der Waals surface area contributed by atoms with Gasteiger partial charge in [0.15, 0.2) is 5.78 Å². The minimum atomic E-state index is -1.63. The molecule has 1 amide bonds. The summed E-state index contributed by atoms with van der Waals surface area (Å²) in [5, 5.41) is 26.3. The second-order valence-corrected chi connectivity index (χ2v) is 12.0. The van der Waals surface area contributed by atoms with Gasteiger partial charge in [0.2, 0.25) is 5.91 Å². The second-order valence-electron chi connectivity index (χ2n) is 12.0. The summed E-state index contributed by atoms with van der Waals surface area (Å²) in [5.41, 5.74) is 1.16. The van der Waals surface area contributed by atoms with E-state index in [1.165, 1.54) is 0 Å². The monoisotopic (exact) mass is 560 g/mol. The fourth-order valence-electron chi connectivity index (χ4n) is 7.55. The van der Waals surface area contributed by atoms with E-state index in [0.29, 0.717) is 17.6 Å². The number of aromatic amines is 1. The fraction of sp³-hybridized carbons (Fsp3) is 0.485. The van der Waals surface area contributed by atoms with Crippen LogP contribution in [0.3, 0.4) is 0 Å². The van der Waals surface area contributed by atoms with Crippen LogP contribution in [0.4, 0.5) is 0 Å². The van der Waals surface area contributed by atoms with Gasteiger partial charge in [-0.15, -0.1) is 0 Å². The third kappa shape index (κ3) is 4.62. The molecule has 1 saturated carbocycles. The Hall–Kier alpha value is -3.33. The molecule has 218 valence electrons. The number of hydrogen-bond acceptors (Lipinski definition) is 6. The molecular formula is C33H40N2O6. The Bertz CT molecular complexity index is 1440. The number of rotatable bonds is 3. The topological polar surface area (TPSA) is 129 Å². The Kier molecular flexibility index (Phi) is 7.94. The summed E-state index contributed by atoms with van der Waals surface area (Å²) in [6.07, 6.45) is 4.52. The molecule has 1 aromatic heterocycles. The molecule has 4 N–H and O–H groups in total. The van der Waals surface area contributed by atoms with Gasteiger partial charge in [0.1, 0.15) is 23.4 Å². The Morgan fingerprint density at radius 1 is 1.15 bits per heavy atom. The number of para-hydroxylation sites is 1. The molecule has 1 saturated heterocycles. The molecule has 2 aromatic rings. The minimum absolute atomic E-state index is 0.0293. The summed E-state index contributed by atoms with van der Waals surface area (Å²) in [6, 6.07) is 7.22. The highest BCUT2D eigenvalue weighted by atomic mass is 16.5. The number of allylic oxidation sites excluding steroid dienone is 2. The Labute approximate surface area is 240 Å². The van der Waals surface area contributed by atoms with Crippen LogP contribution in [0.2, 0.25) is 0 Å². The molecule has 8 nitrogen and oxygen atoms in total. The number of amides is 1. The molecule has 1 spiro atoms. The van der Waals surface area contributed by atoms with Crippen molar-refractivity contribution in [3.05, 3.63) is 72.0 Å². The molecule has 1 aliphatic heterocycles. The number of ketones is 2. The van der Waals surface area contributed by atoms with E-state index in [0.717, 1.165) is 16.5 Å². The molecule has 0 bridgehead atoms. The third-order valence-electron chi connectivity index (χ3n) is 9.65. The van der Waals surface area contributed by atoms with Crippen molar-refractivity contribution in [3.63, 3.8) is 0 Å². The van der Waals surface area contributed by atoms with Crippen LogP contribution >= 0.6 is 0 Å². The van der Waals surface area contributed by atoms with Crippen LogP contribution < -0.4 is 5.32 Å². The Morgan fingerprint density at radius 3 is 2.61 bits per heavy atom. The van der Waals surface area contributed by atoms with Crippen LogP contribution in [0, 0.1) is 29.1 Å². The van der Waals surface area contributed by atoms with Crippen molar-refractivity contribution in [1.82, 2.24) is 10.3 Å². The number of aliphatic hydroxyl groups is 2. The van der Waals surface area contributed by atoms with Crippen LogP contribution in [0.15, 0.2) is 66.4 Å². The van der Waals surface area contributed by atoms with Crippen LogP contribution in [-0.2, 0) is 19.1 Å². The van der Waals surface area contributed by atoms with E-state index < -0.39 is 65.0 Å². The molecule has 41 heavy (non-hydrogen) atoms. The van der Waals surface area contributed by atoms with Gasteiger partial charge in [0.05, 0.1) is 12.1 Å². The SMILES string of the molecule is C=C1[C@@H](C)[C@H]2[C@H](C(OC)c3c[nH]c4ccccc34)NC(=O)[C@]23C(=O)CC[C@H](O)C(=O)C(C)=C[C@@H](C)CC=C[C@H]3[C@@H]1O. The van der Waals surface area contributed by atoms with Crippen LogP contribution in [0.25, 0.3) is 10.9 Å². The maximum atomic E-state index is 14.4. The average Bonchev–Trinajstić information content (AvgIpc) is 3.51. The van der Waals surface area contributed by atoms with Crippen LogP contribution in [0.5, 0.6) is 0 Å². The van der Waals surface area contributed by atoms with Gasteiger partial charge >= 0.3 is 0 Å². The van der Waals surface area contributed by atoms with Crippen molar-refractivity contribution in [2.45, 2.75) is 64.4 Å². The number of ether oxygens (including phenoxy) is 1. The van der Waals surface area contributed by atoms with Gasteiger partial charge in [-0.05, 0) is 48.8 Å². The summed E-state index contributed by atoms with van der Waals surface area (Å²) < 4.78 is 6.07. The molecule has 0 radical (unpaired) electrons. The number of aliphatic hydroxyl groups excluding tert-OH is 2. The highest BCUT2D eigenvalue weighted by molar-refractivity contribution is 6.09. The zero-order valence-electron chi connectivity index (χ0n) is 24.1. The van der Waals surface area contributed by atoms with Gasteiger partial charge in [-0.25, -0.2) is 0 Å². The number of carbonyl (C=O) groups is 3.